The number of carbonyl (C=O) groups excluding carboxylic acids is 1. The summed E-state index contributed by atoms with van der Waals surface area (Å²) < 4.78 is 68.5. The van der Waals surface area contributed by atoms with Gasteiger partial charge in [0.1, 0.15) is 27.6 Å². The first-order chi connectivity index (χ1) is 15.3. The first kappa shape index (κ1) is 23.0. The molecule has 0 saturated heterocycles. The molecule has 8 nitrogen and oxygen atoms in total. The van der Waals surface area contributed by atoms with E-state index in [1.54, 1.807) is 12.1 Å². The monoisotopic (exact) mass is 482 g/mol. The number of hydrogen-bond acceptors (Lipinski definition) is 7. The van der Waals surface area contributed by atoms with Crippen molar-refractivity contribution in [3.63, 3.8) is 0 Å². The van der Waals surface area contributed by atoms with Crippen LogP contribution in [0.1, 0.15) is 41.9 Å². The third kappa shape index (κ3) is 3.92. The normalized spacial score (nSPS) is 23.2. The van der Waals surface area contributed by atoms with E-state index >= 15 is 0 Å². The van der Waals surface area contributed by atoms with Crippen LogP contribution in [-0.4, -0.2) is 42.3 Å². The summed E-state index contributed by atoms with van der Waals surface area (Å²) >= 11 is 0. The van der Waals surface area contributed by atoms with Crippen molar-refractivity contribution in [2.75, 3.05) is 17.7 Å². The van der Waals surface area contributed by atoms with E-state index in [1.807, 2.05) is 0 Å². The quantitative estimate of drug-likeness (QED) is 0.679. The Morgan fingerprint density at radius 1 is 1.21 bits per heavy atom. The molecule has 2 aliphatic heterocycles. The predicted molar refractivity (Wildman–Crippen MR) is 115 cm³/mol. The van der Waals surface area contributed by atoms with E-state index in [4.69, 9.17) is 10.5 Å². The molecule has 3 N–H and O–H groups in total. The van der Waals surface area contributed by atoms with Crippen LogP contribution in [-0.2, 0) is 21.6 Å². The van der Waals surface area contributed by atoms with Gasteiger partial charge in [-0.2, -0.15) is 13.2 Å². The number of halogens is 3. The SMILES string of the molecule is CC1(C)C(N)=N[C@@]2(CCOc3ccc(NC(=O)c4ccc(C(F)(F)F)cn4)cc32)CS1(=O)=O. The molecular weight excluding hydrogens is 461 g/mol. The number of nitrogens with one attached hydrogen (secondary N) is 1. The summed E-state index contributed by atoms with van der Waals surface area (Å²) in [5.74, 6) is -0.597. The number of aliphatic imine (C=N–C) groups is 1. The molecular formula is C21H21F3N4O4S. The van der Waals surface area contributed by atoms with Crippen molar-refractivity contribution in [3.8, 4) is 5.75 Å². The number of anilines is 1. The summed E-state index contributed by atoms with van der Waals surface area (Å²) in [5, 5.41) is 2.57. The number of rotatable bonds is 2. The second-order valence-corrected chi connectivity index (χ2v) is 11.0. The van der Waals surface area contributed by atoms with Crippen molar-refractivity contribution in [2.24, 2.45) is 10.7 Å². The van der Waals surface area contributed by atoms with Crippen molar-refractivity contribution in [3.05, 3.63) is 53.3 Å². The second kappa shape index (κ2) is 7.44. The minimum absolute atomic E-state index is 0.00927. The van der Waals surface area contributed by atoms with Crippen LogP contribution in [0.3, 0.4) is 0 Å². The Morgan fingerprint density at radius 2 is 1.94 bits per heavy atom. The molecule has 1 atom stereocenters. The van der Waals surface area contributed by atoms with Gasteiger partial charge in [-0.15, -0.1) is 0 Å². The third-order valence-corrected chi connectivity index (χ3v) is 8.61. The molecule has 33 heavy (non-hydrogen) atoms. The van der Waals surface area contributed by atoms with Crippen LogP contribution in [0.5, 0.6) is 5.75 Å². The Labute approximate surface area is 188 Å². The zero-order valence-electron chi connectivity index (χ0n) is 17.7. The number of amidine groups is 1. The zero-order valence-corrected chi connectivity index (χ0v) is 18.5. The minimum atomic E-state index is -4.56. The standard InChI is InChI=1S/C21H21F3N4O4S/c1-19(2)18(25)28-20(11-33(19,30)31)7-8-32-16-6-4-13(9-14(16)20)27-17(29)15-5-3-12(10-26-15)21(22,23)24/h3-6,9-10H,7-8,11H2,1-2H3,(H2,25,28)(H,27,29)/t20-/m0/s1. The highest BCUT2D eigenvalue weighted by molar-refractivity contribution is 7.93. The van der Waals surface area contributed by atoms with E-state index in [-0.39, 0.29) is 36.0 Å². The predicted octanol–water partition coefficient (Wildman–Crippen LogP) is 2.89. The Bertz CT molecular complexity index is 1260. The highest BCUT2D eigenvalue weighted by atomic mass is 32.2. The smallest absolute Gasteiger partial charge is 0.417 e. The summed E-state index contributed by atoms with van der Waals surface area (Å²) in [5.41, 5.74) is 4.44. The number of nitrogens with two attached hydrogens (primary N) is 1. The van der Waals surface area contributed by atoms with Crippen molar-refractivity contribution >= 4 is 27.3 Å². The summed E-state index contributed by atoms with van der Waals surface area (Å²) in [6, 6.07) is 6.39. The highest BCUT2D eigenvalue weighted by Crippen LogP contribution is 2.46. The van der Waals surface area contributed by atoms with Crippen molar-refractivity contribution < 1.29 is 31.1 Å². The van der Waals surface area contributed by atoms with Gasteiger partial charge in [-0.25, -0.2) is 8.42 Å². The average Bonchev–Trinajstić information content (AvgIpc) is 2.72. The number of alkyl halides is 3. The van der Waals surface area contributed by atoms with E-state index in [0.29, 0.717) is 17.5 Å². The van der Waals surface area contributed by atoms with Gasteiger partial charge in [-0.05, 0) is 44.2 Å². The van der Waals surface area contributed by atoms with Gasteiger partial charge in [0, 0.05) is 23.9 Å². The maximum Gasteiger partial charge on any atom is 0.417 e. The van der Waals surface area contributed by atoms with Gasteiger partial charge in [0.2, 0.25) is 0 Å². The van der Waals surface area contributed by atoms with Crippen LogP contribution in [0.15, 0.2) is 41.5 Å². The molecule has 0 bridgehead atoms. The van der Waals surface area contributed by atoms with Gasteiger partial charge in [0.05, 0.1) is 17.9 Å². The van der Waals surface area contributed by atoms with Crippen LogP contribution >= 0.6 is 0 Å². The molecule has 3 heterocycles. The highest BCUT2D eigenvalue weighted by Gasteiger charge is 2.52. The van der Waals surface area contributed by atoms with Crippen LogP contribution < -0.4 is 15.8 Å². The molecule has 2 aliphatic rings. The van der Waals surface area contributed by atoms with E-state index in [2.05, 4.69) is 15.3 Å². The fourth-order valence-electron chi connectivity index (χ4n) is 3.77. The number of sulfone groups is 1. The van der Waals surface area contributed by atoms with Crippen LogP contribution in [0.4, 0.5) is 18.9 Å². The maximum absolute atomic E-state index is 13.0. The van der Waals surface area contributed by atoms with E-state index < -0.39 is 37.8 Å². The Morgan fingerprint density at radius 3 is 2.55 bits per heavy atom. The molecule has 0 fully saturated rings. The van der Waals surface area contributed by atoms with Gasteiger partial charge in [-0.1, -0.05) is 0 Å². The molecule has 1 aromatic carbocycles. The molecule has 176 valence electrons. The summed E-state index contributed by atoms with van der Waals surface area (Å²) in [6.07, 6.45) is -3.71. The lowest BCUT2D eigenvalue weighted by Gasteiger charge is -2.42. The lowest BCUT2D eigenvalue weighted by atomic mass is 9.85. The van der Waals surface area contributed by atoms with Crippen LogP contribution in [0, 0.1) is 0 Å². The molecule has 0 aliphatic carbocycles. The molecule has 1 aromatic heterocycles. The first-order valence-electron chi connectivity index (χ1n) is 9.95. The first-order valence-corrected chi connectivity index (χ1v) is 11.6. The van der Waals surface area contributed by atoms with Gasteiger partial charge in [0.15, 0.2) is 9.84 Å². The summed E-state index contributed by atoms with van der Waals surface area (Å²) in [6.45, 7) is 3.24. The van der Waals surface area contributed by atoms with E-state index in [9.17, 15) is 26.4 Å². The largest absolute Gasteiger partial charge is 0.493 e. The minimum Gasteiger partial charge on any atom is -0.493 e. The Balaban J connectivity index is 1.67. The molecule has 0 saturated carbocycles. The number of hydrogen-bond donors (Lipinski definition) is 2. The van der Waals surface area contributed by atoms with E-state index in [0.717, 1.165) is 12.1 Å². The molecule has 12 heteroatoms. The van der Waals surface area contributed by atoms with Gasteiger partial charge in [0.25, 0.3) is 5.91 Å². The van der Waals surface area contributed by atoms with Crippen LogP contribution in [0.2, 0.25) is 0 Å². The lowest BCUT2D eigenvalue weighted by molar-refractivity contribution is -0.137. The number of nitrogens with zero attached hydrogens (tertiary/aromatic N) is 2. The average molecular weight is 482 g/mol. The zero-order chi connectivity index (χ0) is 24.2. The Kier molecular flexibility index (Phi) is 5.19. The number of aromatic nitrogens is 1. The molecule has 0 unspecified atom stereocenters. The number of amides is 1. The van der Waals surface area contributed by atoms with Crippen molar-refractivity contribution in [1.82, 2.24) is 4.98 Å². The fraction of sp³-hybridized carbons (Fsp3) is 0.381. The molecule has 1 amide bonds. The number of ether oxygens (including phenoxy) is 1. The third-order valence-electron chi connectivity index (χ3n) is 5.99. The second-order valence-electron chi connectivity index (χ2n) is 8.49. The summed E-state index contributed by atoms with van der Waals surface area (Å²) in [4.78, 5) is 20.7. The van der Waals surface area contributed by atoms with Gasteiger partial charge in [-0.3, -0.25) is 14.8 Å². The number of pyridine rings is 1. The lowest BCUT2D eigenvalue weighted by Crippen LogP contribution is -2.56. The van der Waals surface area contributed by atoms with Crippen LogP contribution in [0.25, 0.3) is 0 Å². The van der Waals surface area contributed by atoms with Gasteiger partial charge >= 0.3 is 6.18 Å². The molecule has 0 radical (unpaired) electrons. The fourth-order valence-corrected chi connectivity index (χ4v) is 5.49. The van der Waals surface area contributed by atoms with Crippen molar-refractivity contribution in [2.45, 2.75) is 36.7 Å². The van der Waals surface area contributed by atoms with Gasteiger partial charge < -0.3 is 15.8 Å². The number of fused-ring (bicyclic) bond motifs is 2. The number of carbonyl (C=O) groups is 1. The van der Waals surface area contributed by atoms with Crippen molar-refractivity contribution in [1.29, 1.82) is 0 Å². The number of benzene rings is 1. The van der Waals surface area contributed by atoms with E-state index in [1.165, 1.54) is 19.9 Å². The summed E-state index contributed by atoms with van der Waals surface area (Å²) in [7, 11) is -3.66. The Hall–Kier alpha value is -3.15. The molecule has 2 aromatic rings. The molecule has 4 rings (SSSR count). The molecule has 1 spiro atoms. The maximum atomic E-state index is 13.0. The topological polar surface area (TPSA) is 124 Å².